The lowest BCUT2D eigenvalue weighted by molar-refractivity contribution is 0.0604. The maximum atomic E-state index is 9.23. The molecule has 0 aromatic carbocycles. The van der Waals surface area contributed by atoms with Crippen molar-refractivity contribution < 1.29 is 5.11 Å². The normalized spacial score (nSPS) is 19.9. The van der Waals surface area contributed by atoms with E-state index in [-0.39, 0.29) is 5.92 Å². The molecule has 0 spiro atoms. The Morgan fingerprint density at radius 1 is 1.78 bits per heavy atom. The number of hydrogen-bond donors (Lipinski definition) is 1. The number of hydrogen-bond acceptors (Lipinski definition) is 2. The number of nitrogens with zero attached hydrogens (tertiary/aromatic N) is 1. The van der Waals surface area contributed by atoms with Crippen LogP contribution in [0.3, 0.4) is 0 Å². The molecule has 0 aromatic rings. The van der Waals surface area contributed by atoms with Crippen LogP contribution in [-0.2, 0) is 0 Å². The summed E-state index contributed by atoms with van der Waals surface area (Å²) in [5, 5.41) is 17.6. The molecule has 2 unspecified atom stereocenters. The summed E-state index contributed by atoms with van der Waals surface area (Å²) < 4.78 is 0. The van der Waals surface area contributed by atoms with Gasteiger partial charge in [-0.25, -0.2) is 0 Å². The second-order valence-corrected chi connectivity index (χ2v) is 2.57. The van der Waals surface area contributed by atoms with Crippen LogP contribution in [0.1, 0.15) is 27.2 Å². The summed E-state index contributed by atoms with van der Waals surface area (Å²) in [6.07, 6.45) is 0.834. The quantitative estimate of drug-likeness (QED) is 0.568. The first-order valence-corrected chi connectivity index (χ1v) is 3.18. The number of aliphatic hydroxyl groups is 1. The highest BCUT2D eigenvalue weighted by atomic mass is 16.3. The van der Waals surface area contributed by atoms with Crippen molar-refractivity contribution in [3.63, 3.8) is 0 Å². The van der Waals surface area contributed by atoms with E-state index in [9.17, 15) is 5.11 Å². The van der Waals surface area contributed by atoms with Gasteiger partial charge in [-0.05, 0) is 19.3 Å². The third-order valence-electron chi connectivity index (χ3n) is 1.80. The topological polar surface area (TPSA) is 44.0 Å². The van der Waals surface area contributed by atoms with Crippen LogP contribution < -0.4 is 0 Å². The first-order valence-electron chi connectivity index (χ1n) is 3.18. The van der Waals surface area contributed by atoms with E-state index in [1.54, 1.807) is 6.92 Å². The first-order chi connectivity index (χ1) is 4.04. The monoisotopic (exact) mass is 127 g/mol. The van der Waals surface area contributed by atoms with Crippen molar-refractivity contribution in [2.75, 3.05) is 0 Å². The number of rotatable bonds is 2. The lowest BCUT2D eigenvalue weighted by Gasteiger charge is -2.20. The maximum absolute atomic E-state index is 9.23. The molecule has 0 bridgehead atoms. The molecule has 0 saturated carbocycles. The molecule has 52 valence electrons. The van der Waals surface area contributed by atoms with Crippen LogP contribution >= 0.6 is 0 Å². The van der Waals surface area contributed by atoms with E-state index in [4.69, 9.17) is 5.26 Å². The van der Waals surface area contributed by atoms with Gasteiger partial charge in [0.1, 0.15) is 0 Å². The molecule has 2 nitrogen and oxygen atoms in total. The molecule has 0 amide bonds. The third-order valence-corrected chi connectivity index (χ3v) is 1.80. The highest BCUT2D eigenvalue weighted by Gasteiger charge is 2.25. The van der Waals surface area contributed by atoms with Crippen molar-refractivity contribution in [1.29, 1.82) is 5.26 Å². The largest absolute Gasteiger partial charge is 0.375 e. The average Bonchev–Trinajstić information content (AvgIpc) is 1.86. The minimum Gasteiger partial charge on any atom is -0.375 e. The van der Waals surface area contributed by atoms with E-state index in [0.717, 1.165) is 6.42 Å². The Bertz CT molecular complexity index is 123. The maximum Gasteiger partial charge on any atom is 0.150 e. The second-order valence-electron chi connectivity index (χ2n) is 2.57. The van der Waals surface area contributed by atoms with E-state index in [0.29, 0.717) is 0 Å². The summed E-state index contributed by atoms with van der Waals surface area (Å²) >= 11 is 0. The van der Waals surface area contributed by atoms with Crippen LogP contribution in [-0.4, -0.2) is 10.7 Å². The first kappa shape index (κ1) is 8.45. The summed E-state index contributed by atoms with van der Waals surface area (Å²) in [4.78, 5) is 0. The SMILES string of the molecule is CCC(C)C(C)(O)C#N. The molecule has 9 heavy (non-hydrogen) atoms. The van der Waals surface area contributed by atoms with Crippen molar-refractivity contribution in [1.82, 2.24) is 0 Å². The van der Waals surface area contributed by atoms with E-state index in [2.05, 4.69) is 0 Å². The molecule has 2 heteroatoms. The minimum absolute atomic E-state index is 0.0579. The standard InChI is InChI=1S/C7H13NO/c1-4-6(2)7(3,9)5-8/h6,9H,4H2,1-3H3. The molecule has 0 rings (SSSR count). The Balaban J connectivity index is 4.01. The van der Waals surface area contributed by atoms with E-state index < -0.39 is 5.60 Å². The van der Waals surface area contributed by atoms with Crippen LogP contribution in [0, 0.1) is 17.2 Å². The minimum atomic E-state index is -1.14. The molecule has 0 saturated heterocycles. The van der Waals surface area contributed by atoms with Crippen LogP contribution in [0.4, 0.5) is 0 Å². The molecule has 0 heterocycles. The predicted molar refractivity (Wildman–Crippen MR) is 35.7 cm³/mol. The van der Waals surface area contributed by atoms with Gasteiger partial charge in [0.05, 0.1) is 6.07 Å². The average molecular weight is 127 g/mol. The zero-order chi connectivity index (χ0) is 7.49. The van der Waals surface area contributed by atoms with Crippen LogP contribution in [0.2, 0.25) is 0 Å². The molecular formula is C7H13NO. The lowest BCUT2D eigenvalue weighted by atomic mass is 9.90. The van der Waals surface area contributed by atoms with E-state index in [1.165, 1.54) is 0 Å². The molecule has 0 radical (unpaired) electrons. The van der Waals surface area contributed by atoms with Gasteiger partial charge in [-0.15, -0.1) is 0 Å². The van der Waals surface area contributed by atoms with E-state index >= 15 is 0 Å². The van der Waals surface area contributed by atoms with Gasteiger partial charge in [0.15, 0.2) is 5.60 Å². The van der Waals surface area contributed by atoms with Gasteiger partial charge in [0.2, 0.25) is 0 Å². The Morgan fingerprint density at radius 2 is 2.22 bits per heavy atom. The van der Waals surface area contributed by atoms with Crippen molar-refractivity contribution in [3.05, 3.63) is 0 Å². The summed E-state index contributed by atoms with van der Waals surface area (Å²) in [7, 11) is 0. The fourth-order valence-electron chi connectivity index (χ4n) is 0.508. The van der Waals surface area contributed by atoms with Gasteiger partial charge in [0.25, 0.3) is 0 Å². The van der Waals surface area contributed by atoms with Gasteiger partial charge >= 0.3 is 0 Å². The summed E-state index contributed by atoms with van der Waals surface area (Å²) in [6, 6.07) is 1.85. The molecule has 2 atom stereocenters. The third kappa shape index (κ3) is 2.03. The fraction of sp³-hybridized carbons (Fsp3) is 0.857. The second kappa shape index (κ2) is 2.84. The van der Waals surface area contributed by atoms with Crippen LogP contribution in [0.15, 0.2) is 0 Å². The summed E-state index contributed by atoms with van der Waals surface area (Å²) in [5.41, 5.74) is -1.14. The summed E-state index contributed by atoms with van der Waals surface area (Å²) in [6.45, 7) is 5.36. The smallest absolute Gasteiger partial charge is 0.150 e. The Hall–Kier alpha value is -0.550. The van der Waals surface area contributed by atoms with Crippen molar-refractivity contribution in [2.45, 2.75) is 32.8 Å². The molecule has 0 fully saturated rings. The molecule has 1 N–H and O–H groups in total. The van der Waals surface area contributed by atoms with Crippen molar-refractivity contribution in [2.24, 2.45) is 5.92 Å². The zero-order valence-corrected chi connectivity index (χ0v) is 6.18. The van der Waals surface area contributed by atoms with E-state index in [1.807, 2.05) is 19.9 Å². The Morgan fingerprint density at radius 3 is 2.33 bits per heavy atom. The van der Waals surface area contributed by atoms with Crippen LogP contribution in [0.5, 0.6) is 0 Å². The predicted octanol–water partition coefficient (Wildman–Crippen LogP) is 1.31. The zero-order valence-electron chi connectivity index (χ0n) is 6.18. The molecule has 0 aliphatic rings. The molecule has 0 aromatic heterocycles. The summed E-state index contributed by atoms with van der Waals surface area (Å²) in [5.74, 6) is 0.0579. The van der Waals surface area contributed by atoms with Gasteiger partial charge in [-0.1, -0.05) is 13.8 Å². The Kier molecular flexibility index (Phi) is 2.66. The van der Waals surface area contributed by atoms with Gasteiger partial charge < -0.3 is 5.11 Å². The lowest BCUT2D eigenvalue weighted by Crippen LogP contribution is -2.29. The molecule has 0 aliphatic heterocycles. The van der Waals surface area contributed by atoms with Gasteiger partial charge in [0, 0.05) is 0 Å². The highest BCUT2D eigenvalue weighted by molar-refractivity contribution is 4.99. The van der Waals surface area contributed by atoms with Crippen molar-refractivity contribution in [3.8, 4) is 6.07 Å². The van der Waals surface area contributed by atoms with Crippen molar-refractivity contribution >= 4 is 0 Å². The highest BCUT2D eigenvalue weighted by Crippen LogP contribution is 2.17. The van der Waals surface area contributed by atoms with Crippen LogP contribution in [0.25, 0.3) is 0 Å². The van der Waals surface area contributed by atoms with Gasteiger partial charge in [-0.2, -0.15) is 5.26 Å². The Labute approximate surface area is 56.1 Å². The number of nitriles is 1. The fourth-order valence-corrected chi connectivity index (χ4v) is 0.508. The molecular weight excluding hydrogens is 114 g/mol. The molecule has 0 aliphatic carbocycles. The van der Waals surface area contributed by atoms with Gasteiger partial charge in [-0.3, -0.25) is 0 Å².